The van der Waals surface area contributed by atoms with Gasteiger partial charge in [-0.1, -0.05) is 0 Å². The largest absolute Gasteiger partial charge is 0.508 e. The Bertz CT molecular complexity index is 744. The second-order valence-corrected chi connectivity index (χ2v) is 4.04. The normalized spacial score (nSPS) is 11.1. The molecular weight excluding hydrogens is 216 g/mol. The maximum atomic E-state index is 10.7. The van der Waals surface area contributed by atoms with Gasteiger partial charge in [0.25, 0.3) is 0 Å². The third kappa shape index (κ3) is 1.38. The van der Waals surface area contributed by atoms with Crippen LogP contribution < -0.4 is 0 Å². The number of pyridine rings is 1. The van der Waals surface area contributed by atoms with Crippen LogP contribution >= 0.6 is 0 Å². The van der Waals surface area contributed by atoms with Gasteiger partial charge in [0.15, 0.2) is 6.29 Å². The van der Waals surface area contributed by atoms with Crippen molar-refractivity contribution in [2.45, 2.75) is 6.92 Å². The molecule has 84 valence electrons. The summed E-state index contributed by atoms with van der Waals surface area (Å²) in [6.07, 6.45) is 2.39. The second kappa shape index (κ2) is 3.31. The zero-order valence-electron chi connectivity index (χ0n) is 9.21. The molecule has 0 saturated heterocycles. The number of hydrogen-bond donors (Lipinski definition) is 1. The van der Waals surface area contributed by atoms with Crippen LogP contribution in [0.4, 0.5) is 0 Å². The zero-order chi connectivity index (χ0) is 12.0. The molecule has 0 atom stereocenters. The number of aromatic nitrogens is 2. The van der Waals surface area contributed by atoms with Crippen molar-refractivity contribution in [2.75, 3.05) is 0 Å². The van der Waals surface area contributed by atoms with E-state index in [0.717, 1.165) is 22.8 Å². The van der Waals surface area contributed by atoms with Gasteiger partial charge in [-0.25, -0.2) is 4.98 Å². The molecule has 0 unspecified atom stereocenters. The second-order valence-electron chi connectivity index (χ2n) is 4.04. The Morgan fingerprint density at radius 2 is 2.18 bits per heavy atom. The van der Waals surface area contributed by atoms with Crippen LogP contribution in [0.1, 0.15) is 16.1 Å². The highest BCUT2D eigenvalue weighted by Gasteiger charge is 2.07. The minimum atomic E-state index is 0.200. The molecule has 0 spiro atoms. The van der Waals surface area contributed by atoms with E-state index >= 15 is 0 Å². The van der Waals surface area contributed by atoms with E-state index in [9.17, 15) is 9.90 Å². The summed E-state index contributed by atoms with van der Waals surface area (Å²) in [6.45, 7) is 1.98. The average molecular weight is 226 g/mol. The van der Waals surface area contributed by atoms with Crippen molar-refractivity contribution < 1.29 is 9.90 Å². The predicted octanol–water partition coefficient (Wildman–Crippen LogP) is 2.31. The van der Waals surface area contributed by atoms with E-state index < -0.39 is 0 Å². The lowest BCUT2D eigenvalue weighted by Crippen LogP contribution is -1.89. The molecule has 0 aliphatic heterocycles. The number of rotatable bonds is 1. The molecule has 0 aliphatic carbocycles. The Hall–Kier alpha value is -2.36. The maximum absolute atomic E-state index is 10.7. The first kappa shape index (κ1) is 9.84. The van der Waals surface area contributed by atoms with Crippen LogP contribution in [0.5, 0.6) is 5.75 Å². The first-order chi connectivity index (χ1) is 8.19. The minimum Gasteiger partial charge on any atom is -0.508 e. The quantitative estimate of drug-likeness (QED) is 0.648. The summed E-state index contributed by atoms with van der Waals surface area (Å²) < 4.78 is 1.81. The molecule has 1 aromatic carbocycles. The lowest BCUT2D eigenvalue weighted by molar-refractivity contribution is 0.111. The molecule has 0 fully saturated rings. The molecule has 0 radical (unpaired) electrons. The van der Waals surface area contributed by atoms with Gasteiger partial charge in [-0.15, -0.1) is 0 Å². The van der Waals surface area contributed by atoms with Crippen molar-refractivity contribution >= 4 is 22.8 Å². The van der Waals surface area contributed by atoms with Crippen molar-refractivity contribution in [3.63, 3.8) is 0 Å². The van der Waals surface area contributed by atoms with E-state index in [4.69, 9.17) is 0 Å². The van der Waals surface area contributed by atoms with Crippen molar-refractivity contribution in [2.24, 2.45) is 0 Å². The highest BCUT2D eigenvalue weighted by Crippen LogP contribution is 2.24. The fourth-order valence-electron chi connectivity index (χ4n) is 2.09. The van der Waals surface area contributed by atoms with Gasteiger partial charge < -0.3 is 5.11 Å². The highest BCUT2D eigenvalue weighted by molar-refractivity contribution is 5.87. The third-order valence-corrected chi connectivity index (χ3v) is 2.88. The SMILES string of the molecule is Cc1cc2nc(C=O)cn2c2cc(O)ccc12. The number of phenols is 1. The van der Waals surface area contributed by atoms with Gasteiger partial charge in [0, 0.05) is 17.6 Å². The van der Waals surface area contributed by atoms with E-state index in [1.807, 2.05) is 23.5 Å². The zero-order valence-corrected chi connectivity index (χ0v) is 9.21. The number of hydrogen-bond acceptors (Lipinski definition) is 3. The molecule has 0 saturated carbocycles. The van der Waals surface area contributed by atoms with Crippen LogP contribution in [0.2, 0.25) is 0 Å². The fraction of sp³-hybridized carbons (Fsp3) is 0.0769. The van der Waals surface area contributed by atoms with E-state index in [-0.39, 0.29) is 5.75 Å². The molecule has 0 bridgehead atoms. The molecule has 17 heavy (non-hydrogen) atoms. The van der Waals surface area contributed by atoms with Crippen LogP contribution in [0.15, 0.2) is 30.5 Å². The number of imidazole rings is 1. The molecule has 0 amide bonds. The van der Waals surface area contributed by atoms with Gasteiger partial charge in [-0.05, 0) is 30.7 Å². The number of aryl methyl sites for hydroxylation is 1. The summed E-state index contributed by atoms with van der Waals surface area (Å²) in [7, 11) is 0. The lowest BCUT2D eigenvalue weighted by Gasteiger charge is -2.05. The summed E-state index contributed by atoms with van der Waals surface area (Å²) in [6, 6.07) is 7.11. The molecule has 3 rings (SSSR count). The number of carbonyl (C=O) groups excluding carboxylic acids is 1. The Kier molecular flexibility index (Phi) is 1.92. The van der Waals surface area contributed by atoms with Crippen molar-refractivity contribution in [1.82, 2.24) is 9.38 Å². The lowest BCUT2D eigenvalue weighted by atomic mass is 10.1. The van der Waals surface area contributed by atoms with Crippen molar-refractivity contribution in [1.29, 1.82) is 0 Å². The van der Waals surface area contributed by atoms with Crippen LogP contribution in [0.25, 0.3) is 16.6 Å². The molecule has 2 aromatic heterocycles. The molecular formula is C13H10N2O2. The Labute approximate surface area is 97.1 Å². The Morgan fingerprint density at radius 3 is 2.94 bits per heavy atom. The van der Waals surface area contributed by atoms with E-state index in [1.54, 1.807) is 18.3 Å². The number of fused-ring (bicyclic) bond motifs is 3. The summed E-state index contributed by atoms with van der Waals surface area (Å²) in [5.41, 5.74) is 3.01. The van der Waals surface area contributed by atoms with Crippen LogP contribution in [0.3, 0.4) is 0 Å². The van der Waals surface area contributed by atoms with Gasteiger partial charge in [-0.3, -0.25) is 9.20 Å². The van der Waals surface area contributed by atoms with Crippen LogP contribution in [0, 0.1) is 6.92 Å². The topological polar surface area (TPSA) is 54.6 Å². The van der Waals surface area contributed by atoms with Gasteiger partial charge in [0.05, 0.1) is 5.52 Å². The third-order valence-electron chi connectivity index (χ3n) is 2.88. The predicted molar refractivity (Wildman–Crippen MR) is 64.5 cm³/mol. The van der Waals surface area contributed by atoms with Crippen molar-refractivity contribution in [3.05, 3.63) is 41.7 Å². The van der Waals surface area contributed by atoms with Crippen LogP contribution in [-0.4, -0.2) is 20.8 Å². The first-order valence-corrected chi connectivity index (χ1v) is 5.25. The van der Waals surface area contributed by atoms with E-state index in [1.165, 1.54) is 0 Å². The number of carbonyl (C=O) groups is 1. The van der Waals surface area contributed by atoms with Gasteiger partial charge in [0.1, 0.15) is 17.1 Å². The molecule has 1 N–H and O–H groups in total. The molecule has 2 heterocycles. The summed E-state index contributed by atoms with van der Waals surface area (Å²) in [4.78, 5) is 14.9. The standard InChI is InChI=1S/C13H10N2O2/c1-8-4-13-14-9(7-16)6-15(13)12-5-10(17)2-3-11(8)12/h2-7,17H,1H3. The number of phenolic OH excluding ortho intramolecular Hbond substituents is 1. The Balaban J connectivity index is 2.55. The smallest absolute Gasteiger partial charge is 0.170 e. The Morgan fingerprint density at radius 1 is 1.35 bits per heavy atom. The highest BCUT2D eigenvalue weighted by atomic mass is 16.3. The maximum Gasteiger partial charge on any atom is 0.170 e. The monoisotopic (exact) mass is 226 g/mol. The van der Waals surface area contributed by atoms with Gasteiger partial charge in [-0.2, -0.15) is 0 Å². The number of aromatic hydroxyl groups is 1. The number of nitrogens with zero attached hydrogens (tertiary/aromatic N) is 2. The van der Waals surface area contributed by atoms with Crippen molar-refractivity contribution in [3.8, 4) is 5.75 Å². The molecule has 0 aliphatic rings. The average Bonchev–Trinajstić information content (AvgIpc) is 2.72. The first-order valence-electron chi connectivity index (χ1n) is 5.25. The fourth-order valence-corrected chi connectivity index (χ4v) is 2.09. The number of benzene rings is 1. The van der Waals surface area contributed by atoms with Gasteiger partial charge >= 0.3 is 0 Å². The summed E-state index contributed by atoms with van der Waals surface area (Å²) in [5.74, 6) is 0.200. The van der Waals surface area contributed by atoms with Crippen LogP contribution in [-0.2, 0) is 0 Å². The molecule has 4 heteroatoms. The van der Waals surface area contributed by atoms with E-state index in [2.05, 4.69) is 4.98 Å². The number of aldehydes is 1. The molecule has 3 aromatic rings. The minimum absolute atomic E-state index is 0.200. The summed E-state index contributed by atoms with van der Waals surface area (Å²) >= 11 is 0. The van der Waals surface area contributed by atoms with E-state index in [0.29, 0.717) is 11.3 Å². The summed E-state index contributed by atoms with van der Waals surface area (Å²) in [5, 5.41) is 10.6. The molecule has 4 nitrogen and oxygen atoms in total. The van der Waals surface area contributed by atoms with Gasteiger partial charge in [0.2, 0.25) is 0 Å².